The quantitative estimate of drug-likeness (QED) is 0.0663. The Morgan fingerprint density at radius 3 is 1.58 bits per heavy atom. The van der Waals surface area contributed by atoms with Gasteiger partial charge in [-0.05, 0) is 125 Å². The summed E-state index contributed by atoms with van der Waals surface area (Å²) in [5, 5.41) is 32.1. The normalized spacial score (nSPS) is 24.7. The summed E-state index contributed by atoms with van der Waals surface area (Å²) in [6, 6.07) is 4.14. The molecular weight excluding hydrogens is 1310 g/mol. The number of nitrogens with one attached hydrogen (secondary N) is 6. The lowest BCUT2D eigenvalue weighted by atomic mass is 9.84. The Labute approximate surface area is 572 Å². The molecule has 490 valence electrons. The van der Waals surface area contributed by atoms with Gasteiger partial charge in [0.2, 0.25) is 0 Å². The first kappa shape index (κ1) is 62.1. The van der Waals surface area contributed by atoms with Gasteiger partial charge < -0.3 is 35.6 Å². The zero-order valence-electron chi connectivity index (χ0n) is 54.5. The summed E-state index contributed by atoms with van der Waals surface area (Å²) in [6.07, 6.45) is 32.0. The van der Waals surface area contributed by atoms with Crippen molar-refractivity contribution in [3.05, 3.63) is 85.7 Å². The van der Waals surface area contributed by atoms with Crippen molar-refractivity contribution in [1.82, 2.24) is 106 Å². The standard InChI is InChI=1S/2C22H26N8S2.C21H22N8S2/c1-13-11-30(12-25-13)16-10-23-15(9-24-16)17-26-18-19(31-17)27-20(32-18)29(4)14-7-21(2)5-6-22(3,8-14)28-21;1-12-14(9-25-28-12)15-10-24-16(11-23-15)17-26-18-19(31-17)27-20(32-18)30(4)13-7-21(2)5-6-22(3,8-13)29-21;1-11-7-13(3-5-22-11)29(2)21-28-20-19(31-21)27-18(30-20)17-16-14(4-6-23-16)15(10-24-17)12-8-25-26-9-12/h9-12,14,28H,5-8H2,1-4H3;9-11,13,29H,5-8H2,1-4H3,(H,25,28);4,6,8-11,13,22-23H,3,5,7H2,1-2H3,(H,25,26)/t14?,21-,22+;13?,21-,22+;11-,13+/m..1/s1. The van der Waals surface area contributed by atoms with Crippen LogP contribution in [0.2, 0.25) is 0 Å². The van der Waals surface area contributed by atoms with Crippen LogP contribution in [0.5, 0.6) is 0 Å². The zero-order chi connectivity index (χ0) is 65.1. The topological polar surface area (TPSA) is 279 Å². The number of aromatic amines is 3. The fourth-order valence-electron chi connectivity index (χ4n) is 14.9. The van der Waals surface area contributed by atoms with Gasteiger partial charge in [0.15, 0.2) is 50.2 Å². The van der Waals surface area contributed by atoms with Crippen molar-refractivity contribution >= 4 is 123 Å². The Morgan fingerprint density at radius 2 is 1.08 bits per heavy atom. The van der Waals surface area contributed by atoms with Gasteiger partial charge >= 0.3 is 0 Å². The Balaban J connectivity index is 0.000000112. The second kappa shape index (κ2) is 24.1. The number of imidazole rings is 1. The molecule has 0 aromatic carbocycles. The molecule has 0 radical (unpaired) electrons. The summed E-state index contributed by atoms with van der Waals surface area (Å²) in [5.74, 6) is 0.744. The lowest BCUT2D eigenvalue weighted by Crippen LogP contribution is -2.58. The van der Waals surface area contributed by atoms with Crippen molar-refractivity contribution in [3.63, 3.8) is 0 Å². The van der Waals surface area contributed by atoms with E-state index in [9.17, 15) is 0 Å². The van der Waals surface area contributed by atoms with Gasteiger partial charge in [-0.3, -0.25) is 24.7 Å². The summed E-state index contributed by atoms with van der Waals surface area (Å²) in [6.45, 7) is 16.7. The highest BCUT2D eigenvalue weighted by molar-refractivity contribution is 7.31. The van der Waals surface area contributed by atoms with E-state index in [-0.39, 0.29) is 22.2 Å². The molecule has 5 saturated heterocycles. The Kier molecular flexibility index (Phi) is 15.8. The molecule has 0 saturated carbocycles. The van der Waals surface area contributed by atoms with Crippen LogP contribution in [-0.4, -0.2) is 164 Å². The summed E-state index contributed by atoms with van der Waals surface area (Å²) in [5.41, 5.74) is 10.1. The van der Waals surface area contributed by atoms with Crippen LogP contribution in [0.1, 0.15) is 110 Å². The van der Waals surface area contributed by atoms with Crippen LogP contribution in [0.4, 0.5) is 15.4 Å². The van der Waals surface area contributed by atoms with Crippen molar-refractivity contribution in [1.29, 1.82) is 0 Å². The number of hydrogen-bond donors (Lipinski definition) is 6. The van der Waals surface area contributed by atoms with Crippen molar-refractivity contribution in [2.45, 2.75) is 159 Å². The Hall–Kier alpha value is -7.68. The van der Waals surface area contributed by atoms with E-state index in [4.69, 9.17) is 34.9 Å². The molecule has 30 heteroatoms. The predicted molar refractivity (Wildman–Crippen MR) is 385 cm³/mol. The zero-order valence-corrected chi connectivity index (χ0v) is 59.4. The Morgan fingerprint density at radius 1 is 0.547 bits per heavy atom. The number of thiazole rings is 6. The SMILES string of the molecule is C[C@@H]1C[C@@H](N(C)c2nc3sc(-c4ncc(-c5cn[nH]c5)c5cc[nH]c45)nc3s2)CCN1.Cc1[nH]ncc1-c1cnc(-c2nc3sc(N(C)C4C[C@]5(C)CC[C@](C)(C4)N5)nc3s2)cn1.Cc1cn(-c2cnc(-c3nc4sc(N(C)C5C[C@]6(C)CC[C@](C)(C5)N6)nc4s3)cn2)cn1. The van der Waals surface area contributed by atoms with Crippen LogP contribution in [-0.2, 0) is 0 Å². The van der Waals surface area contributed by atoms with E-state index in [0.717, 1.165) is 172 Å². The molecule has 0 amide bonds. The van der Waals surface area contributed by atoms with Crippen LogP contribution < -0.4 is 30.7 Å². The van der Waals surface area contributed by atoms with Crippen LogP contribution >= 0.6 is 68.0 Å². The first-order valence-corrected chi connectivity index (χ1v) is 37.1. The first-order chi connectivity index (χ1) is 45.8. The molecule has 18 rings (SSSR count). The highest BCUT2D eigenvalue weighted by Gasteiger charge is 2.51. The molecule has 4 bridgehead atoms. The lowest BCUT2D eigenvalue weighted by molar-refractivity contribution is 0.207. The second-order valence-electron chi connectivity index (χ2n) is 27.5. The molecule has 2 unspecified atom stereocenters. The van der Waals surface area contributed by atoms with E-state index in [2.05, 4.69) is 143 Å². The number of hydrogen-bond acceptors (Lipinski definition) is 26. The number of piperidine rings is 3. The number of aryl methyl sites for hydroxylation is 2. The Bertz CT molecular complexity index is 4770. The molecule has 5 aliphatic rings. The number of aromatic nitrogens is 18. The summed E-state index contributed by atoms with van der Waals surface area (Å²) in [7, 11) is 6.53. The minimum absolute atomic E-state index is 0.242. The fourth-order valence-corrected chi connectivity index (χ4v) is 21.1. The van der Waals surface area contributed by atoms with Gasteiger partial charge in [-0.2, -0.15) is 10.2 Å². The molecule has 13 aromatic rings. The fraction of sp³-hybridized carbons (Fsp3) is 0.446. The van der Waals surface area contributed by atoms with E-state index < -0.39 is 0 Å². The highest BCUT2D eigenvalue weighted by Crippen LogP contribution is 2.48. The summed E-state index contributed by atoms with van der Waals surface area (Å²) < 4.78 is 1.87. The first-order valence-electron chi connectivity index (χ1n) is 32.2. The van der Waals surface area contributed by atoms with E-state index in [1.165, 1.54) is 25.7 Å². The maximum absolute atomic E-state index is 4.94. The smallest absolute Gasteiger partial charge is 0.188 e. The van der Waals surface area contributed by atoms with E-state index >= 15 is 0 Å². The molecule has 18 heterocycles. The molecule has 13 aromatic heterocycles. The molecule has 0 spiro atoms. The molecule has 8 atom stereocenters. The van der Waals surface area contributed by atoms with Crippen LogP contribution in [0.3, 0.4) is 0 Å². The van der Waals surface area contributed by atoms with Gasteiger partial charge in [-0.25, -0.2) is 49.8 Å². The summed E-state index contributed by atoms with van der Waals surface area (Å²) >= 11 is 9.78. The van der Waals surface area contributed by atoms with E-state index in [0.29, 0.717) is 24.2 Å². The van der Waals surface area contributed by atoms with Gasteiger partial charge in [0.25, 0.3) is 0 Å². The van der Waals surface area contributed by atoms with Crippen LogP contribution in [0.15, 0.2) is 74.4 Å². The van der Waals surface area contributed by atoms with Crippen molar-refractivity contribution in [2.75, 3.05) is 42.4 Å². The predicted octanol–water partition coefficient (Wildman–Crippen LogP) is 12.9. The number of H-pyrrole nitrogens is 3. The van der Waals surface area contributed by atoms with Gasteiger partial charge in [-0.1, -0.05) is 68.0 Å². The second-order valence-corrected chi connectivity index (χ2v) is 33.3. The molecule has 0 aliphatic carbocycles. The maximum atomic E-state index is 4.94. The minimum Gasteiger partial charge on any atom is -0.359 e. The average molecular weight is 1380 g/mol. The van der Waals surface area contributed by atoms with Gasteiger partial charge in [0.05, 0.1) is 54.1 Å². The number of fused-ring (bicyclic) bond motifs is 8. The summed E-state index contributed by atoms with van der Waals surface area (Å²) in [4.78, 5) is 72.9. The average Bonchev–Trinajstić information content (AvgIpc) is 1.63. The lowest BCUT2D eigenvalue weighted by Gasteiger charge is -2.45. The number of anilines is 3. The third kappa shape index (κ3) is 12.1. The van der Waals surface area contributed by atoms with Crippen LogP contribution in [0, 0.1) is 13.8 Å². The monoisotopic (exact) mass is 1380 g/mol. The largest absolute Gasteiger partial charge is 0.359 e. The highest BCUT2D eigenvalue weighted by atomic mass is 32.1. The number of rotatable bonds is 12. The van der Waals surface area contributed by atoms with Gasteiger partial charge in [-0.15, -0.1) is 0 Å². The molecule has 95 heavy (non-hydrogen) atoms. The third-order valence-corrected chi connectivity index (χ3v) is 26.3. The minimum atomic E-state index is 0.242. The maximum Gasteiger partial charge on any atom is 0.188 e. The van der Waals surface area contributed by atoms with Crippen molar-refractivity contribution in [3.8, 4) is 60.3 Å². The van der Waals surface area contributed by atoms with Crippen molar-refractivity contribution < 1.29 is 0 Å². The molecular formula is C65H74N24S6. The van der Waals surface area contributed by atoms with Gasteiger partial charge in [0.1, 0.15) is 38.4 Å². The van der Waals surface area contributed by atoms with E-state index in [1.54, 1.807) is 105 Å². The molecule has 24 nitrogen and oxygen atoms in total. The van der Waals surface area contributed by atoms with Crippen molar-refractivity contribution in [2.24, 2.45) is 0 Å². The van der Waals surface area contributed by atoms with Gasteiger partial charge in [0, 0.05) is 120 Å². The molecule has 5 fully saturated rings. The van der Waals surface area contributed by atoms with E-state index in [1.807, 2.05) is 49.4 Å². The number of pyridine rings is 1. The number of nitrogens with zero attached hydrogens (tertiary/aromatic N) is 18. The molecule has 6 N–H and O–H groups in total. The molecule has 5 aliphatic heterocycles. The third-order valence-electron chi connectivity index (χ3n) is 19.9. The van der Waals surface area contributed by atoms with Crippen LogP contribution in [0.25, 0.3) is 100 Å².